The first-order valence-corrected chi connectivity index (χ1v) is 8.66. The molecule has 0 aliphatic heterocycles. The van der Waals surface area contributed by atoms with E-state index in [9.17, 15) is 23.2 Å². The van der Waals surface area contributed by atoms with Gasteiger partial charge in [-0.25, -0.2) is 13.8 Å². The molecule has 2 aromatic heterocycles. The quantitative estimate of drug-likeness (QED) is 0.690. The zero-order chi connectivity index (χ0) is 19.6. The third-order valence-electron chi connectivity index (χ3n) is 3.75. The number of amides is 2. The molecule has 0 aliphatic carbocycles. The molecule has 3 aromatic rings. The number of rotatable bonds is 5. The number of thiophene rings is 1. The van der Waals surface area contributed by atoms with Gasteiger partial charge in [0.25, 0.3) is 11.5 Å². The maximum absolute atomic E-state index is 13.6. The Morgan fingerprint density at radius 1 is 1.30 bits per heavy atom. The minimum atomic E-state index is -1.01. The largest absolute Gasteiger partial charge is 0.343 e. The van der Waals surface area contributed by atoms with Crippen LogP contribution in [0.4, 0.5) is 8.78 Å². The number of fused-ring (bicyclic) bond motifs is 1. The SMILES string of the molecule is CN(Cc1nc2ccsc2c(=O)[nH]1)C(=O)CNC(=O)c1ccc(F)cc1F. The van der Waals surface area contributed by atoms with E-state index < -0.39 is 30.0 Å². The van der Waals surface area contributed by atoms with Crippen LogP contribution in [-0.2, 0) is 11.3 Å². The molecule has 10 heteroatoms. The highest BCUT2D eigenvalue weighted by Crippen LogP contribution is 2.14. The Hall–Kier alpha value is -3.14. The van der Waals surface area contributed by atoms with Crippen LogP contribution in [0.5, 0.6) is 0 Å². The van der Waals surface area contributed by atoms with Crippen molar-refractivity contribution in [2.45, 2.75) is 6.54 Å². The summed E-state index contributed by atoms with van der Waals surface area (Å²) in [5, 5.41) is 4.03. The van der Waals surface area contributed by atoms with Gasteiger partial charge >= 0.3 is 0 Å². The molecule has 0 saturated carbocycles. The van der Waals surface area contributed by atoms with Crippen LogP contribution < -0.4 is 10.9 Å². The molecule has 0 fully saturated rings. The highest BCUT2D eigenvalue weighted by atomic mass is 32.1. The van der Waals surface area contributed by atoms with Gasteiger partial charge in [-0.3, -0.25) is 14.4 Å². The molecule has 2 N–H and O–H groups in total. The van der Waals surface area contributed by atoms with Crippen molar-refractivity contribution in [3.05, 3.63) is 63.0 Å². The topological polar surface area (TPSA) is 95.2 Å². The zero-order valence-corrected chi connectivity index (χ0v) is 14.9. The predicted molar refractivity (Wildman–Crippen MR) is 95.4 cm³/mol. The molecule has 0 spiro atoms. The third-order valence-corrected chi connectivity index (χ3v) is 4.65. The number of aromatic nitrogens is 2. The van der Waals surface area contributed by atoms with Gasteiger partial charge in [0.05, 0.1) is 24.2 Å². The molecule has 7 nitrogen and oxygen atoms in total. The molecule has 0 aliphatic rings. The fraction of sp³-hybridized carbons (Fsp3) is 0.176. The van der Waals surface area contributed by atoms with Gasteiger partial charge in [0.2, 0.25) is 5.91 Å². The summed E-state index contributed by atoms with van der Waals surface area (Å²) in [6, 6.07) is 4.25. The maximum Gasteiger partial charge on any atom is 0.268 e. The molecule has 0 saturated heterocycles. The van der Waals surface area contributed by atoms with Crippen LogP contribution in [0.1, 0.15) is 16.2 Å². The van der Waals surface area contributed by atoms with Crippen molar-refractivity contribution in [2.24, 2.45) is 0 Å². The third kappa shape index (κ3) is 4.17. The molecule has 140 valence electrons. The normalized spacial score (nSPS) is 10.8. The first-order valence-electron chi connectivity index (χ1n) is 7.79. The Balaban J connectivity index is 1.61. The molecule has 3 rings (SSSR count). The van der Waals surface area contributed by atoms with Gasteiger partial charge in [-0.15, -0.1) is 11.3 Å². The summed E-state index contributed by atoms with van der Waals surface area (Å²) in [7, 11) is 1.48. The molecule has 27 heavy (non-hydrogen) atoms. The summed E-state index contributed by atoms with van der Waals surface area (Å²) in [5.74, 6) is -2.82. The van der Waals surface area contributed by atoms with Gasteiger partial charge < -0.3 is 15.2 Å². The smallest absolute Gasteiger partial charge is 0.268 e. The molecular weight excluding hydrogens is 378 g/mol. The van der Waals surface area contributed by atoms with E-state index in [2.05, 4.69) is 15.3 Å². The van der Waals surface area contributed by atoms with Crippen molar-refractivity contribution in [3.8, 4) is 0 Å². The highest BCUT2D eigenvalue weighted by Gasteiger charge is 2.16. The minimum absolute atomic E-state index is 0.0284. The van der Waals surface area contributed by atoms with Crippen molar-refractivity contribution in [1.82, 2.24) is 20.2 Å². The van der Waals surface area contributed by atoms with Gasteiger partial charge in [-0.05, 0) is 23.6 Å². The number of H-pyrrole nitrogens is 1. The Morgan fingerprint density at radius 3 is 2.81 bits per heavy atom. The number of benzene rings is 1. The molecule has 0 bridgehead atoms. The summed E-state index contributed by atoms with van der Waals surface area (Å²) in [6.45, 7) is -0.363. The molecular formula is C17H14F2N4O3S. The second-order valence-corrected chi connectivity index (χ2v) is 6.62. The fourth-order valence-corrected chi connectivity index (χ4v) is 3.09. The van der Waals surface area contributed by atoms with E-state index in [1.54, 1.807) is 11.4 Å². The number of carbonyl (C=O) groups is 2. The summed E-state index contributed by atoms with van der Waals surface area (Å²) < 4.78 is 27.0. The first kappa shape index (κ1) is 18.6. The lowest BCUT2D eigenvalue weighted by molar-refractivity contribution is -0.129. The van der Waals surface area contributed by atoms with Gasteiger partial charge in [0.1, 0.15) is 22.2 Å². The first-order chi connectivity index (χ1) is 12.8. The summed E-state index contributed by atoms with van der Waals surface area (Å²) in [4.78, 5) is 44.1. The van der Waals surface area contributed by atoms with Gasteiger partial charge in [-0.2, -0.15) is 0 Å². The lowest BCUT2D eigenvalue weighted by Gasteiger charge is -2.17. The fourth-order valence-electron chi connectivity index (χ4n) is 2.37. The van der Waals surface area contributed by atoms with Crippen LogP contribution in [0.15, 0.2) is 34.4 Å². The lowest BCUT2D eigenvalue weighted by atomic mass is 10.2. The van der Waals surface area contributed by atoms with E-state index in [-0.39, 0.29) is 17.7 Å². The van der Waals surface area contributed by atoms with E-state index in [1.165, 1.54) is 23.3 Å². The maximum atomic E-state index is 13.6. The van der Waals surface area contributed by atoms with Crippen molar-refractivity contribution < 1.29 is 18.4 Å². The Kier molecular flexibility index (Phi) is 5.26. The summed E-state index contributed by atoms with van der Waals surface area (Å²) >= 11 is 1.27. The van der Waals surface area contributed by atoms with Gasteiger partial charge in [0, 0.05) is 13.1 Å². The highest BCUT2D eigenvalue weighted by molar-refractivity contribution is 7.17. The lowest BCUT2D eigenvalue weighted by Crippen LogP contribution is -2.38. The van der Waals surface area contributed by atoms with Crippen LogP contribution in [0.3, 0.4) is 0 Å². The van der Waals surface area contributed by atoms with E-state index in [0.717, 1.165) is 12.1 Å². The van der Waals surface area contributed by atoms with Crippen LogP contribution in [0.25, 0.3) is 10.2 Å². The van der Waals surface area contributed by atoms with Gasteiger partial charge in [0.15, 0.2) is 0 Å². The van der Waals surface area contributed by atoms with E-state index in [4.69, 9.17) is 0 Å². The van der Waals surface area contributed by atoms with Crippen molar-refractivity contribution >= 4 is 33.4 Å². The summed E-state index contributed by atoms with van der Waals surface area (Å²) in [5.41, 5.74) is -0.105. The van der Waals surface area contributed by atoms with E-state index in [1.807, 2.05) is 0 Å². The Morgan fingerprint density at radius 2 is 2.07 bits per heavy atom. The molecule has 2 heterocycles. The zero-order valence-electron chi connectivity index (χ0n) is 14.1. The number of hydrogen-bond donors (Lipinski definition) is 2. The van der Waals surface area contributed by atoms with E-state index >= 15 is 0 Å². The Bertz CT molecular complexity index is 1080. The van der Waals surface area contributed by atoms with Crippen LogP contribution in [-0.4, -0.2) is 40.3 Å². The number of nitrogens with zero attached hydrogens (tertiary/aromatic N) is 2. The second kappa shape index (κ2) is 7.62. The Labute approximate surface area is 155 Å². The molecule has 0 atom stereocenters. The van der Waals surface area contributed by atoms with Crippen molar-refractivity contribution in [2.75, 3.05) is 13.6 Å². The standard InChI is InChI=1S/C17H14F2N4O3S/c1-23(8-13-21-12-4-5-27-15(12)17(26)22-13)14(24)7-20-16(25)10-3-2-9(18)6-11(10)19/h2-6H,7-8H2,1H3,(H,20,25)(H,21,22,26). The monoisotopic (exact) mass is 392 g/mol. The molecule has 0 unspecified atom stereocenters. The number of halogens is 2. The molecule has 1 aromatic carbocycles. The van der Waals surface area contributed by atoms with Crippen LogP contribution in [0.2, 0.25) is 0 Å². The number of hydrogen-bond acceptors (Lipinski definition) is 5. The number of aromatic amines is 1. The van der Waals surface area contributed by atoms with E-state index in [0.29, 0.717) is 22.1 Å². The predicted octanol–water partition coefficient (Wildman–Crippen LogP) is 1.65. The van der Waals surface area contributed by atoms with Crippen LogP contribution >= 0.6 is 11.3 Å². The number of carbonyl (C=O) groups excluding carboxylic acids is 2. The minimum Gasteiger partial charge on any atom is -0.343 e. The van der Waals surface area contributed by atoms with Gasteiger partial charge in [-0.1, -0.05) is 0 Å². The van der Waals surface area contributed by atoms with Crippen LogP contribution in [0, 0.1) is 11.6 Å². The molecule has 0 radical (unpaired) electrons. The number of nitrogens with one attached hydrogen (secondary N) is 2. The average molecular weight is 392 g/mol. The molecule has 2 amide bonds. The summed E-state index contributed by atoms with van der Waals surface area (Å²) in [6.07, 6.45) is 0. The second-order valence-electron chi connectivity index (χ2n) is 5.70. The average Bonchev–Trinajstić information content (AvgIpc) is 3.08. The van der Waals surface area contributed by atoms with Crippen molar-refractivity contribution in [1.29, 1.82) is 0 Å². The number of likely N-dealkylation sites (N-methyl/N-ethyl adjacent to an activating group) is 1. The van der Waals surface area contributed by atoms with Crippen molar-refractivity contribution in [3.63, 3.8) is 0 Å².